The molecule has 166 valence electrons. The third-order valence-corrected chi connectivity index (χ3v) is 4.57. The van der Waals surface area contributed by atoms with Gasteiger partial charge < -0.3 is 14.8 Å². The molecule has 0 heterocycles. The summed E-state index contributed by atoms with van der Waals surface area (Å²) >= 11 is 16.9. The van der Waals surface area contributed by atoms with Gasteiger partial charge in [-0.1, -0.05) is 42.3 Å². The van der Waals surface area contributed by atoms with Gasteiger partial charge >= 0.3 is 0 Å². The molecule has 0 unspecified atom stereocenters. The maximum absolute atomic E-state index is 12.4. The zero-order valence-electron chi connectivity index (χ0n) is 16.9. The van der Waals surface area contributed by atoms with Crippen molar-refractivity contribution in [2.45, 2.75) is 26.2 Å². The van der Waals surface area contributed by atoms with Gasteiger partial charge in [-0.2, -0.15) is 0 Å². The Morgan fingerprint density at radius 1 is 1.00 bits per heavy atom. The van der Waals surface area contributed by atoms with Crippen LogP contribution in [0.15, 0.2) is 42.5 Å². The summed E-state index contributed by atoms with van der Waals surface area (Å²) in [5.41, 5.74) is 5.31. The summed E-state index contributed by atoms with van der Waals surface area (Å²) in [7, 11) is 0. The molecular formula is C21H23Cl2N3O4S. The minimum atomic E-state index is -0.434. The van der Waals surface area contributed by atoms with E-state index in [0.717, 1.165) is 6.42 Å². The highest BCUT2D eigenvalue weighted by atomic mass is 35.5. The summed E-state index contributed by atoms with van der Waals surface area (Å²) in [4.78, 5) is 24.3. The zero-order chi connectivity index (χ0) is 22.6. The Bertz CT molecular complexity index is 927. The fourth-order valence-electron chi connectivity index (χ4n) is 2.40. The van der Waals surface area contributed by atoms with Gasteiger partial charge in [0.05, 0.1) is 23.8 Å². The lowest BCUT2D eigenvalue weighted by Gasteiger charge is -2.13. The molecule has 0 bridgehead atoms. The van der Waals surface area contributed by atoms with Crippen molar-refractivity contribution in [2.24, 2.45) is 0 Å². The average molecular weight is 484 g/mol. The summed E-state index contributed by atoms with van der Waals surface area (Å²) in [5, 5.41) is 3.39. The Balaban J connectivity index is 1.70. The SMILES string of the molecule is CCCOc1ccccc1C(=O)NNC(=S)NC(=O)CCCOc1ccc(Cl)cc1Cl. The van der Waals surface area contributed by atoms with Crippen LogP contribution in [0.5, 0.6) is 11.5 Å². The van der Waals surface area contributed by atoms with Crippen LogP contribution in [0.3, 0.4) is 0 Å². The van der Waals surface area contributed by atoms with Crippen molar-refractivity contribution in [3.8, 4) is 11.5 Å². The predicted molar refractivity (Wildman–Crippen MR) is 125 cm³/mol. The minimum absolute atomic E-state index is 0.0213. The van der Waals surface area contributed by atoms with Crippen LogP contribution in [0, 0.1) is 0 Å². The van der Waals surface area contributed by atoms with Crippen LogP contribution in [0.2, 0.25) is 10.0 Å². The zero-order valence-corrected chi connectivity index (χ0v) is 19.2. The van der Waals surface area contributed by atoms with E-state index < -0.39 is 5.91 Å². The second-order valence-electron chi connectivity index (χ2n) is 6.33. The number of carbonyl (C=O) groups is 2. The van der Waals surface area contributed by atoms with E-state index in [-0.39, 0.29) is 17.4 Å². The Hall–Kier alpha value is -2.55. The topological polar surface area (TPSA) is 88.7 Å². The molecule has 2 aromatic carbocycles. The molecule has 0 aliphatic rings. The van der Waals surface area contributed by atoms with Crippen molar-refractivity contribution < 1.29 is 19.1 Å². The van der Waals surface area contributed by atoms with Gasteiger partial charge in [0.2, 0.25) is 5.91 Å². The Kier molecular flexibility index (Phi) is 10.4. The molecule has 0 fully saturated rings. The number of hydrogen-bond donors (Lipinski definition) is 3. The summed E-state index contributed by atoms with van der Waals surface area (Å²) in [6.45, 7) is 2.77. The molecule has 2 amide bonds. The van der Waals surface area contributed by atoms with Gasteiger partial charge in [0.1, 0.15) is 11.5 Å². The highest BCUT2D eigenvalue weighted by Crippen LogP contribution is 2.27. The number of hydrogen-bond acceptors (Lipinski definition) is 5. The first-order valence-electron chi connectivity index (χ1n) is 9.60. The number of thiocarbonyl (C=S) groups is 1. The molecule has 0 saturated heterocycles. The lowest BCUT2D eigenvalue weighted by molar-refractivity contribution is -0.119. The second-order valence-corrected chi connectivity index (χ2v) is 7.58. The van der Waals surface area contributed by atoms with Gasteiger partial charge in [-0.15, -0.1) is 0 Å². The van der Waals surface area contributed by atoms with Gasteiger partial charge in [-0.25, -0.2) is 0 Å². The lowest BCUT2D eigenvalue weighted by Crippen LogP contribution is -2.48. The molecule has 10 heteroatoms. The van der Waals surface area contributed by atoms with Gasteiger partial charge in [0, 0.05) is 11.4 Å². The van der Waals surface area contributed by atoms with Crippen LogP contribution in [0.1, 0.15) is 36.5 Å². The minimum Gasteiger partial charge on any atom is -0.493 e. The lowest BCUT2D eigenvalue weighted by atomic mass is 10.2. The van der Waals surface area contributed by atoms with Gasteiger partial charge in [-0.05, 0) is 55.4 Å². The van der Waals surface area contributed by atoms with Crippen molar-refractivity contribution in [3.05, 3.63) is 58.1 Å². The first-order valence-corrected chi connectivity index (χ1v) is 10.8. The molecule has 0 saturated carbocycles. The number of amides is 2. The van der Waals surface area contributed by atoms with E-state index in [1.54, 1.807) is 42.5 Å². The van der Waals surface area contributed by atoms with Crippen LogP contribution < -0.4 is 25.6 Å². The van der Waals surface area contributed by atoms with Crippen molar-refractivity contribution in [1.29, 1.82) is 0 Å². The van der Waals surface area contributed by atoms with E-state index in [1.165, 1.54) is 0 Å². The number of carbonyl (C=O) groups excluding carboxylic acids is 2. The largest absolute Gasteiger partial charge is 0.493 e. The highest BCUT2D eigenvalue weighted by molar-refractivity contribution is 7.80. The van der Waals surface area contributed by atoms with Crippen LogP contribution in [0.25, 0.3) is 0 Å². The number of nitrogens with one attached hydrogen (secondary N) is 3. The Morgan fingerprint density at radius 3 is 2.48 bits per heavy atom. The second kappa shape index (κ2) is 13.0. The molecular weight excluding hydrogens is 461 g/mol. The van der Waals surface area contributed by atoms with E-state index in [9.17, 15) is 9.59 Å². The van der Waals surface area contributed by atoms with Crippen LogP contribution in [-0.2, 0) is 4.79 Å². The maximum atomic E-state index is 12.4. The first-order chi connectivity index (χ1) is 14.9. The van der Waals surface area contributed by atoms with Gasteiger partial charge in [-0.3, -0.25) is 20.4 Å². The smallest absolute Gasteiger partial charge is 0.273 e. The first kappa shape index (κ1) is 24.7. The maximum Gasteiger partial charge on any atom is 0.273 e. The monoisotopic (exact) mass is 483 g/mol. The normalized spacial score (nSPS) is 10.2. The van der Waals surface area contributed by atoms with Crippen molar-refractivity contribution in [1.82, 2.24) is 16.2 Å². The molecule has 0 aliphatic carbocycles. The highest BCUT2D eigenvalue weighted by Gasteiger charge is 2.13. The Morgan fingerprint density at radius 2 is 1.74 bits per heavy atom. The van der Waals surface area contributed by atoms with E-state index >= 15 is 0 Å². The van der Waals surface area contributed by atoms with E-state index in [4.69, 9.17) is 44.9 Å². The van der Waals surface area contributed by atoms with Crippen molar-refractivity contribution in [2.75, 3.05) is 13.2 Å². The van der Waals surface area contributed by atoms with E-state index in [2.05, 4.69) is 16.2 Å². The molecule has 0 radical (unpaired) electrons. The molecule has 0 atom stereocenters. The van der Waals surface area contributed by atoms with E-state index in [0.29, 0.717) is 46.7 Å². The number of ether oxygens (including phenoxy) is 2. The number of para-hydroxylation sites is 1. The average Bonchev–Trinajstić information content (AvgIpc) is 2.75. The van der Waals surface area contributed by atoms with Gasteiger partial charge in [0.25, 0.3) is 5.91 Å². The fraction of sp³-hybridized carbons (Fsp3) is 0.286. The van der Waals surface area contributed by atoms with Crippen LogP contribution in [0.4, 0.5) is 0 Å². The predicted octanol–water partition coefficient (Wildman–Crippen LogP) is 4.28. The molecule has 31 heavy (non-hydrogen) atoms. The quantitative estimate of drug-likeness (QED) is 0.280. The molecule has 0 spiro atoms. The third kappa shape index (κ3) is 8.61. The Labute approximate surface area is 196 Å². The standard InChI is InChI=1S/C21H23Cl2N3O4S/c1-2-11-29-17-7-4-3-6-15(17)20(28)25-26-21(31)24-19(27)8-5-12-30-18-10-9-14(22)13-16(18)23/h3-4,6-7,9-10,13H,2,5,8,11-12H2,1H3,(H,25,28)(H2,24,26,27,31). The van der Waals surface area contributed by atoms with Gasteiger partial charge in [0.15, 0.2) is 5.11 Å². The summed E-state index contributed by atoms with van der Waals surface area (Å²) in [5.74, 6) is 0.217. The third-order valence-electron chi connectivity index (χ3n) is 3.84. The summed E-state index contributed by atoms with van der Waals surface area (Å²) in [6.07, 6.45) is 1.44. The molecule has 2 rings (SSSR count). The number of halogens is 2. The van der Waals surface area contributed by atoms with Crippen molar-refractivity contribution >= 4 is 52.3 Å². The summed E-state index contributed by atoms with van der Waals surface area (Å²) in [6, 6.07) is 11.8. The number of hydrazine groups is 1. The molecule has 2 aromatic rings. The molecule has 3 N–H and O–H groups in total. The van der Waals surface area contributed by atoms with Crippen molar-refractivity contribution in [3.63, 3.8) is 0 Å². The van der Waals surface area contributed by atoms with Crippen LogP contribution >= 0.6 is 35.4 Å². The fourth-order valence-corrected chi connectivity index (χ4v) is 3.03. The molecule has 0 aliphatic heterocycles. The van der Waals surface area contributed by atoms with E-state index in [1.807, 2.05) is 6.92 Å². The summed E-state index contributed by atoms with van der Waals surface area (Å²) < 4.78 is 11.1. The number of rotatable bonds is 9. The molecule has 0 aromatic heterocycles. The van der Waals surface area contributed by atoms with Crippen LogP contribution in [-0.4, -0.2) is 30.1 Å². The molecule has 7 nitrogen and oxygen atoms in total. The number of benzene rings is 2.